The van der Waals surface area contributed by atoms with Gasteiger partial charge in [0.2, 0.25) is 5.91 Å². The van der Waals surface area contributed by atoms with E-state index >= 15 is 0 Å². The van der Waals surface area contributed by atoms with Crippen LogP contribution in [0.4, 0.5) is 0 Å². The SMILES string of the molecule is CCOc1ccc(CC(=O)NCCC2(C)OCCO2)cc1. The van der Waals surface area contributed by atoms with Crippen molar-refractivity contribution in [2.24, 2.45) is 0 Å². The van der Waals surface area contributed by atoms with Crippen molar-refractivity contribution in [2.75, 3.05) is 26.4 Å². The lowest BCUT2D eigenvalue weighted by Crippen LogP contribution is -2.34. The molecule has 1 aromatic carbocycles. The summed E-state index contributed by atoms with van der Waals surface area (Å²) in [5.74, 6) is 0.276. The highest BCUT2D eigenvalue weighted by Crippen LogP contribution is 2.21. The molecule has 1 amide bonds. The van der Waals surface area contributed by atoms with Crippen molar-refractivity contribution in [3.63, 3.8) is 0 Å². The zero-order chi connectivity index (χ0) is 15.1. The quantitative estimate of drug-likeness (QED) is 0.834. The van der Waals surface area contributed by atoms with Gasteiger partial charge >= 0.3 is 0 Å². The van der Waals surface area contributed by atoms with Crippen LogP contribution in [-0.2, 0) is 20.7 Å². The smallest absolute Gasteiger partial charge is 0.224 e. The molecule has 1 saturated heterocycles. The molecule has 1 aliphatic rings. The Labute approximate surface area is 125 Å². The molecule has 0 radical (unpaired) electrons. The van der Waals surface area contributed by atoms with Crippen molar-refractivity contribution in [2.45, 2.75) is 32.5 Å². The second-order valence-electron chi connectivity index (χ2n) is 5.18. The van der Waals surface area contributed by atoms with Crippen LogP contribution in [0.1, 0.15) is 25.8 Å². The molecule has 2 rings (SSSR count). The number of ether oxygens (including phenoxy) is 3. The molecule has 0 saturated carbocycles. The van der Waals surface area contributed by atoms with Crippen LogP contribution >= 0.6 is 0 Å². The van der Waals surface area contributed by atoms with Crippen molar-refractivity contribution < 1.29 is 19.0 Å². The number of nitrogens with one attached hydrogen (secondary N) is 1. The van der Waals surface area contributed by atoms with Gasteiger partial charge in [-0.05, 0) is 31.5 Å². The Morgan fingerprint density at radius 1 is 1.29 bits per heavy atom. The van der Waals surface area contributed by atoms with E-state index in [1.54, 1.807) is 0 Å². The first-order valence-electron chi connectivity index (χ1n) is 7.38. The molecule has 1 aromatic rings. The zero-order valence-corrected chi connectivity index (χ0v) is 12.7. The van der Waals surface area contributed by atoms with Crippen LogP contribution in [-0.4, -0.2) is 38.1 Å². The van der Waals surface area contributed by atoms with Crippen LogP contribution in [0.2, 0.25) is 0 Å². The summed E-state index contributed by atoms with van der Waals surface area (Å²) in [5.41, 5.74) is 0.968. The minimum absolute atomic E-state index is 0.000701. The van der Waals surface area contributed by atoms with E-state index in [0.717, 1.165) is 11.3 Å². The standard InChI is InChI=1S/C16H23NO4/c1-3-19-14-6-4-13(5-7-14)12-15(18)17-9-8-16(2)20-10-11-21-16/h4-7H,3,8-12H2,1-2H3,(H,17,18). The van der Waals surface area contributed by atoms with Gasteiger partial charge in [0.15, 0.2) is 5.79 Å². The van der Waals surface area contributed by atoms with Crippen molar-refractivity contribution in [1.82, 2.24) is 5.32 Å². The molecule has 1 N–H and O–H groups in total. The highest BCUT2D eigenvalue weighted by Gasteiger charge is 2.30. The third kappa shape index (κ3) is 5.02. The third-order valence-electron chi connectivity index (χ3n) is 3.40. The van der Waals surface area contributed by atoms with E-state index in [1.807, 2.05) is 38.1 Å². The Morgan fingerprint density at radius 3 is 2.57 bits per heavy atom. The predicted octanol–water partition coefficient (Wildman–Crippen LogP) is 1.90. The first kappa shape index (κ1) is 15.8. The summed E-state index contributed by atoms with van der Waals surface area (Å²) >= 11 is 0. The maximum atomic E-state index is 11.9. The number of rotatable bonds is 7. The van der Waals surface area contributed by atoms with Gasteiger partial charge in [0.1, 0.15) is 5.75 Å². The molecule has 116 valence electrons. The van der Waals surface area contributed by atoms with Crippen LogP contribution in [0, 0.1) is 0 Å². The maximum Gasteiger partial charge on any atom is 0.224 e. The summed E-state index contributed by atoms with van der Waals surface area (Å²) in [4.78, 5) is 11.9. The fourth-order valence-corrected chi connectivity index (χ4v) is 2.25. The average Bonchev–Trinajstić information content (AvgIpc) is 2.88. The van der Waals surface area contributed by atoms with E-state index in [9.17, 15) is 4.79 Å². The molecule has 0 atom stereocenters. The predicted molar refractivity (Wildman–Crippen MR) is 79.3 cm³/mol. The minimum atomic E-state index is -0.549. The van der Waals surface area contributed by atoms with E-state index in [0.29, 0.717) is 39.2 Å². The summed E-state index contributed by atoms with van der Waals surface area (Å²) in [5, 5.41) is 2.89. The number of amides is 1. The van der Waals surface area contributed by atoms with Crippen molar-refractivity contribution in [3.05, 3.63) is 29.8 Å². The fraction of sp³-hybridized carbons (Fsp3) is 0.562. The highest BCUT2D eigenvalue weighted by molar-refractivity contribution is 5.78. The zero-order valence-electron chi connectivity index (χ0n) is 12.7. The van der Waals surface area contributed by atoms with Crippen LogP contribution < -0.4 is 10.1 Å². The van der Waals surface area contributed by atoms with Crippen molar-refractivity contribution in [1.29, 1.82) is 0 Å². The van der Waals surface area contributed by atoms with Gasteiger partial charge in [-0.3, -0.25) is 4.79 Å². The fourth-order valence-electron chi connectivity index (χ4n) is 2.25. The second kappa shape index (κ2) is 7.43. The summed E-state index contributed by atoms with van der Waals surface area (Å²) in [7, 11) is 0. The number of carbonyl (C=O) groups is 1. The van der Waals surface area contributed by atoms with E-state index in [4.69, 9.17) is 14.2 Å². The van der Waals surface area contributed by atoms with Crippen LogP contribution in [0.5, 0.6) is 5.75 Å². The van der Waals surface area contributed by atoms with Gasteiger partial charge in [0.25, 0.3) is 0 Å². The Bertz CT molecular complexity index is 452. The molecule has 0 aromatic heterocycles. The molecule has 21 heavy (non-hydrogen) atoms. The minimum Gasteiger partial charge on any atom is -0.494 e. The van der Waals surface area contributed by atoms with E-state index in [2.05, 4.69) is 5.32 Å². The first-order valence-corrected chi connectivity index (χ1v) is 7.38. The van der Waals surface area contributed by atoms with Gasteiger partial charge < -0.3 is 19.5 Å². The molecular formula is C16H23NO4. The number of hydrogen-bond acceptors (Lipinski definition) is 4. The Balaban J connectivity index is 1.71. The van der Waals surface area contributed by atoms with E-state index in [1.165, 1.54) is 0 Å². The molecule has 1 fully saturated rings. The number of hydrogen-bond donors (Lipinski definition) is 1. The Hall–Kier alpha value is -1.59. The molecule has 5 nitrogen and oxygen atoms in total. The molecule has 0 bridgehead atoms. The Morgan fingerprint density at radius 2 is 1.95 bits per heavy atom. The summed E-state index contributed by atoms with van der Waals surface area (Å²) in [6.45, 7) is 6.28. The second-order valence-corrected chi connectivity index (χ2v) is 5.18. The van der Waals surface area contributed by atoms with Crippen LogP contribution in [0.25, 0.3) is 0 Å². The Kier molecular flexibility index (Phi) is 5.59. The highest BCUT2D eigenvalue weighted by atomic mass is 16.7. The molecular weight excluding hydrogens is 270 g/mol. The summed E-state index contributed by atoms with van der Waals surface area (Å²) < 4.78 is 16.3. The molecule has 5 heteroatoms. The lowest BCUT2D eigenvalue weighted by atomic mass is 10.1. The molecule has 0 unspecified atom stereocenters. The lowest BCUT2D eigenvalue weighted by molar-refractivity contribution is -0.146. The van der Waals surface area contributed by atoms with Gasteiger partial charge in [-0.1, -0.05) is 12.1 Å². The number of benzene rings is 1. The lowest BCUT2D eigenvalue weighted by Gasteiger charge is -2.22. The normalized spacial score (nSPS) is 16.7. The molecule has 1 heterocycles. The monoisotopic (exact) mass is 293 g/mol. The van der Waals surface area contributed by atoms with Crippen LogP contribution in [0.15, 0.2) is 24.3 Å². The van der Waals surface area contributed by atoms with Gasteiger partial charge in [-0.2, -0.15) is 0 Å². The molecule has 1 aliphatic heterocycles. The van der Waals surface area contributed by atoms with E-state index < -0.39 is 5.79 Å². The van der Waals surface area contributed by atoms with Gasteiger partial charge in [-0.25, -0.2) is 0 Å². The van der Waals surface area contributed by atoms with Crippen LogP contribution in [0.3, 0.4) is 0 Å². The average molecular weight is 293 g/mol. The van der Waals surface area contributed by atoms with Gasteiger partial charge in [-0.15, -0.1) is 0 Å². The van der Waals surface area contributed by atoms with Gasteiger partial charge in [0.05, 0.1) is 26.2 Å². The number of carbonyl (C=O) groups excluding carboxylic acids is 1. The molecule has 0 spiro atoms. The summed E-state index contributed by atoms with van der Waals surface area (Å²) in [6.07, 6.45) is 1.02. The van der Waals surface area contributed by atoms with Gasteiger partial charge in [0, 0.05) is 13.0 Å². The first-order chi connectivity index (χ1) is 10.1. The molecule has 0 aliphatic carbocycles. The van der Waals surface area contributed by atoms with Crippen molar-refractivity contribution in [3.8, 4) is 5.75 Å². The largest absolute Gasteiger partial charge is 0.494 e. The third-order valence-corrected chi connectivity index (χ3v) is 3.40. The summed E-state index contributed by atoms with van der Waals surface area (Å²) in [6, 6.07) is 7.59. The maximum absolute atomic E-state index is 11.9. The van der Waals surface area contributed by atoms with E-state index in [-0.39, 0.29) is 5.91 Å². The van der Waals surface area contributed by atoms with Crippen molar-refractivity contribution >= 4 is 5.91 Å². The topological polar surface area (TPSA) is 56.8 Å².